The minimum absolute atomic E-state index is 0.194. The predicted octanol–water partition coefficient (Wildman–Crippen LogP) is 3.58. The number of hydrogen-bond donors (Lipinski definition) is 1. The third-order valence-corrected chi connectivity index (χ3v) is 4.59. The predicted molar refractivity (Wildman–Crippen MR) is 104 cm³/mol. The van der Waals surface area contributed by atoms with Gasteiger partial charge in [0.2, 0.25) is 0 Å². The summed E-state index contributed by atoms with van der Waals surface area (Å²) in [4.78, 5) is 36.1. The Morgan fingerprint density at radius 1 is 1.00 bits per heavy atom. The van der Waals surface area contributed by atoms with Gasteiger partial charge in [0.05, 0.1) is 10.4 Å². The Labute approximate surface area is 169 Å². The number of carbonyl (C=O) groups is 3. The zero-order valence-corrected chi connectivity index (χ0v) is 15.9. The van der Waals surface area contributed by atoms with E-state index in [0.717, 1.165) is 5.56 Å². The van der Waals surface area contributed by atoms with Crippen LogP contribution in [0, 0.1) is 5.82 Å². The maximum Gasteiger partial charge on any atom is 0.338 e. The molecule has 0 saturated heterocycles. The van der Waals surface area contributed by atoms with Crippen molar-refractivity contribution < 1.29 is 28.2 Å². The molecule has 2 aromatic carbocycles. The lowest BCUT2D eigenvalue weighted by molar-refractivity contribution is -0.123. The zero-order valence-electron chi connectivity index (χ0n) is 15.1. The summed E-state index contributed by atoms with van der Waals surface area (Å²) < 4.78 is 23.5. The molecule has 3 aromatic rings. The Morgan fingerprint density at radius 2 is 1.79 bits per heavy atom. The molecule has 0 aliphatic rings. The Morgan fingerprint density at radius 3 is 2.52 bits per heavy atom. The van der Waals surface area contributed by atoms with Crippen molar-refractivity contribution >= 4 is 29.1 Å². The average molecular weight is 413 g/mol. The van der Waals surface area contributed by atoms with Gasteiger partial charge in [-0.2, -0.15) is 0 Å². The van der Waals surface area contributed by atoms with Gasteiger partial charge in [-0.1, -0.05) is 24.3 Å². The molecule has 0 radical (unpaired) electrons. The number of imide groups is 1. The lowest BCUT2D eigenvalue weighted by Gasteiger charge is -2.09. The summed E-state index contributed by atoms with van der Waals surface area (Å²) in [6, 6.07) is 15.4. The second-order valence-electron chi connectivity index (χ2n) is 5.87. The highest BCUT2D eigenvalue weighted by Crippen LogP contribution is 2.16. The van der Waals surface area contributed by atoms with Gasteiger partial charge >= 0.3 is 5.97 Å². The van der Waals surface area contributed by atoms with E-state index in [-0.39, 0.29) is 18.0 Å². The van der Waals surface area contributed by atoms with Crippen molar-refractivity contribution in [3.63, 3.8) is 0 Å². The molecule has 0 aliphatic heterocycles. The number of rotatable bonds is 7. The van der Waals surface area contributed by atoms with Crippen molar-refractivity contribution in [2.24, 2.45) is 0 Å². The van der Waals surface area contributed by atoms with Gasteiger partial charge in [-0.3, -0.25) is 14.9 Å². The van der Waals surface area contributed by atoms with E-state index in [2.05, 4.69) is 5.32 Å². The SMILES string of the molecule is O=C(COC(=O)c1cccc(OCc2ccc(F)cc2)c1)NC(=O)c1cccs1. The van der Waals surface area contributed by atoms with Gasteiger partial charge in [0.15, 0.2) is 6.61 Å². The largest absolute Gasteiger partial charge is 0.489 e. The number of halogens is 1. The molecular formula is C21H16FNO5S. The fourth-order valence-electron chi connectivity index (χ4n) is 2.31. The fraction of sp³-hybridized carbons (Fsp3) is 0.0952. The highest BCUT2D eigenvalue weighted by Gasteiger charge is 2.14. The van der Waals surface area contributed by atoms with Crippen LogP contribution in [-0.2, 0) is 16.1 Å². The Hall–Kier alpha value is -3.52. The number of benzene rings is 2. The summed E-state index contributed by atoms with van der Waals surface area (Å²) in [6.07, 6.45) is 0. The average Bonchev–Trinajstić information content (AvgIpc) is 3.27. The second-order valence-corrected chi connectivity index (χ2v) is 6.82. The van der Waals surface area contributed by atoms with Gasteiger partial charge in [0.25, 0.3) is 11.8 Å². The molecule has 2 amide bonds. The highest BCUT2D eigenvalue weighted by molar-refractivity contribution is 7.12. The van der Waals surface area contributed by atoms with E-state index >= 15 is 0 Å². The number of thiophene rings is 1. The molecule has 29 heavy (non-hydrogen) atoms. The molecule has 0 aliphatic carbocycles. The van der Waals surface area contributed by atoms with E-state index in [1.54, 1.807) is 41.8 Å². The molecule has 0 saturated carbocycles. The molecule has 0 spiro atoms. The van der Waals surface area contributed by atoms with Gasteiger partial charge in [-0.15, -0.1) is 11.3 Å². The molecule has 1 aromatic heterocycles. The number of ether oxygens (including phenoxy) is 2. The lowest BCUT2D eigenvalue weighted by atomic mass is 10.2. The summed E-state index contributed by atoms with van der Waals surface area (Å²) in [6.45, 7) is -0.386. The van der Waals surface area contributed by atoms with Crippen LogP contribution in [0.2, 0.25) is 0 Å². The first-order chi connectivity index (χ1) is 14.0. The van der Waals surface area contributed by atoms with Gasteiger partial charge in [0.1, 0.15) is 18.2 Å². The molecule has 0 bridgehead atoms. The van der Waals surface area contributed by atoms with Crippen LogP contribution in [0.4, 0.5) is 4.39 Å². The summed E-state index contributed by atoms with van der Waals surface area (Å²) in [5.74, 6) is -1.91. The Kier molecular flexibility index (Phi) is 6.70. The van der Waals surface area contributed by atoms with E-state index in [1.165, 1.54) is 35.6 Å². The van der Waals surface area contributed by atoms with Gasteiger partial charge in [-0.05, 0) is 47.3 Å². The van der Waals surface area contributed by atoms with Crippen LogP contribution in [0.25, 0.3) is 0 Å². The normalized spacial score (nSPS) is 10.2. The maximum atomic E-state index is 12.9. The van der Waals surface area contributed by atoms with Crippen LogP contribution >= 0.6 is 11.3 Å². The van der Waals surface area contributed by atoms with E-state index in [1.807, 2.05) is 0 Å². The van der Waals surface area contributed by atoms with Crippen molar-refractivity contribution in [2.75, 3.05) is 6.61 Å². The smallest absolute Gasteiger partial charge is 0.338 e. The molecule has 3 rings (SSSR count). The monoisotopic (exact) mass is 413 g/mol. The molecule has 148 valence electrons. The van der Waals surface area contributed by atoms with Crippen LogP contribution in [-0.4, -0.2) is 24.4 Å². The van der Waals surface area contributed by atoms with Crippen molar-refractivity contribution in [3.8, 4) is 5.75 Å². The summed E-state index contributed by atoms with van der Waals surface area (Å²) in [5, 5.41) is 3.86. The molecule has 1 N–H and O–H groups in total. The molecule has 0 unspecified atom stereocenters. The molecule has 6 nitrogen and oxygen atoms in total. The Balaban J connectivity index is 1.50. The highest BCUT2D eigenvalue weighted by atomic mass is 32.1. The van der Waals surface area contributed by atoms with E-state index in [9.17, 15) is 18.8 Å². The lowest BCUT2D eigenvalue weighted by Crippen LogP contribution is -2.33. The van der Waals surface area contributed by atoms with Gasteiger partial charge < -0.3 is 9.47 Å². The van der Waals surface area contributed by atoms with Crippen molar-refractivity contribution in [1.29, 1.82) is 0 Å². The van der Waals surface area contributed by atoms with Gasteiger partial charge in [-0.25, -0.2) is 9.18 Å². The van der Waals surface area contributed by atoms with E-state index in [0.29, 0.717) is 10.6 Å². The number of carbonyl (C=O) groups excluding carboxylic acids is 3. The number of amides is 2. The van der Waals surface area contributed by atoms with Crippen LogP contribution in [0.1, 0.15) is 25.6 Å². The van der Waals surface area contributed by atoms with Crippen LogP contribution in [0.5, 0.6) is 5.75 Å². The number of hydrogen-bond acceptors (Lipinski definition) is 6. The topological polar surface area (TPSA) is 81.7 Å². The van der Waals surface area contributed by atoms with Crippen LogP contribution in [0.3, 0.4) is 0 Å². The van der Waals surface area contributed by atoms with Crippen molar-refractivity contribution in [2.45, 2.75) is 6.61 Å². The number of esters is 1. The molecule has 0 atom stereocenters. The van der Waals surface area contributed by atoms with Crippen molar-refractivity contribution in [3.05, 3.63) is 87.9 Å². The first kappa shape index (κ1) is 20.2. The van der Waals surface area contributed by atoms with E-state index in [4.69, 9.17) is 9.47 Å². The first-order valence-corrected chi connectivity index (χ1v) is 9.41. The third kappa shape index (κ3) is 5.98. The van der Waals surface area contributed by atoms with Crippen LogP contribution in [0.15, 0.2) is 66.0 Å². The minimum Gasteiger partial charge on any atom is -0.489 e. The summed E-state index contributed by atoms with van der Waals surface area (Å²) in [5.41, 5.74) is 0.963. The first-order valence-electron chi connectivity index (χ1n) is 8.53. The number of nitrogens with one attached hydrogen (secondary N) is 1. The van der Waals surface area contributed by atoms with Crippen molar-refractivity contribution in [1.82, 2.24) is 5.32 Å². The molecule has 8 heteroatoms. The molecule has 1 heterocycles. The maximum absolute atomic E-state index is 12.9. The zero-order chi connectivity index (χ0) is 20.6. The second kappa shape index (κ2) is 9.61. The fourth-order valence-corrected chi connectivity index (χ4v) is 2.93. The van der Waals surface area contributed by atoms with Gasteiger partial charge in [0, 0.05) is 0 Å². The standard InChI is InChI=1S/C21H16FNO5S/c22-16-8-6-14(7-9-16)12-27-17-4-1-3-15(11-17)21(26)28-13-19(24)23-20(25)18-5-2-10-29-18/h1-11H,12-13H2,(H,23,24,25). The van der Waals surface area contributed by atoms with E-state index < -0.39 is 24.4 Å². The minimum atomic E-state index is -0.726. The molecule has 0 fully saturated rings. The molecular weight excluding hydrogens is 397 g/mol. The third-order valence-electron chi connectivity index (χ3n) is 3.72. The Bertz CT molecular complexity index is 1000. The quantitative estimate of drug-likeness (QED) is 0.599. The summed E-state index contributed by atoms with van der Waals surface area (Å²) in [7, 11) is 0. The summed E-state index contributed by atoms with van der Waals surface area (Å²) >= 11 is 1.20. The van der Waals surface area contributed by atoms with Crippen LogP contribution < -0.4 is 10.1 Å².